The molecule has 0 N–H and O–H groups in total. The first-order chi connectivity index (χ1) is 7.77. The molecule has 2 rings (SSSR count). The van der Waals surface area contributed by atoms with Crippen LogP contribution in [0.2, 0.25) is 0 Å². The molecule has 0 radical (unpaired) electrons. The lowest BCUT2D eigenvalue weighted by atomic mass is 10.0. The average Bonchev–Trinajstić information content (AvgIpc) is 2.31. The Balaban J connectivity index is 2.39. The van der Waals surface area contributed by atoms with Gasteiger partial charge in [0.05, 0.1) is 0 Å². The van der Waals surface area contributed by atoms with E-state index in [-0.39, 0.29) is 0 Å². The van der Waals surface area contributed by atoms with Gasteiger partial charge in [-0.3, -0.25) is 0 Å². The predicted octanol–water partition coefficient (Wildman–Crippen LogP) is 3.98. The first kappa shape index (κ1) is 10.7. The number of para-hydroxylation sites is 1. The second kappa shape index (κ2) is 4.84. The Hall–Kier alpha value is -1.76. The zero-order valence-electron chi connectivity index (χ0n) is 9.57. The summed E-state index contributed by atoms with van der Waals surface area (Å²) in [5.41, 5.74) is 3.34. The van der Waals surface area contributed by atoms with E-state index in [4.69, 9.17) is 4.74 Å². The minimum atomic E-state index is 0.651. The van der Waals surface area contributed by atoms with E-state index in [9.17, 15) is 0 Å². The van der Waals surface area contributed by atoms with Gasteiger partial charge in [-0.05, 0) is 30.6 Å². The third-order valence-electron chi connectivity index (χ3n) is 2.61. The molecule has 0 spiro atoms. The van der Waals surface area contributed by atoms with Gasteiger partial charge < -0.3 is 4.74 Å². The molecular formula is C15H16O. The van der Waals surface area contributed by atoms with Crippen molar-refractivity contribution in [3.8, 4) is 5.75 Å². The normalized spacial score (nSPS) is 21.3. The van der Waals surface area contributed by atoms with Gasteiger partial charge in [-0.2, -0.15) is 0 Å². The predicted molar refractivity (Wildman–Crippen MR) is 68.5 cm³/mol. The number of hydrogen-bond donors (Lipinski definition) is 0. The first-order valence-electron chi connectivity index (χ1n) is 5.50. The van der Waals surface area contributed by atoms with Crippen LogP contribution >= 0.6 is 0 Å². The van der Waals surface area contributed by atoms with Gasteiger partial charge in [0, 0.05) is 5.56 Å². The van der Waals surface area contributed by atoms with Crippen molar-refractivity contribution in [2.45, 2.75) is 13.3 Å². The molecule has 0 atom stereocenters. The van der Waals surface area contributed by atoms with Crippen LogP contribution < -0.4 is 4.74 Å². The minimum Gasteiger partial charge on any atom is -0.489 e. The molecule has 0 fully saturated rings. The average molecular weight is 212 g/mol. The van der Waals surface area contributed by atoms with Crippen LogP contribution in [0.4, 0.5) is 0 Å². The zero-order chi connectivity index (χ0) is 11.4. The Morgan fingerprint density at radius 1 is 1.25 bits per heavy atom. The summed E-state index contributed by atoms with van der Waals surface area (Å²) in [7, 11) is 0. The maximum Gasteiger partial charge on any atom is 0.127 e. The van der Waals surface area contributed by atoms with Crippen molar-refractivity contribution in [2.24, 2.45) is 0 Å². The number of benzene rings is 1. The number of allylic oxidation sites excluding steroid dienone is 4. The molecule has 1 heterocycles. The molecule has 1 aliphatic heterocycles. The van der Waals surface area contributed by atoms with Crippen LogP contribution in [0.1, 0.15) is 18.9 Å². The summed E-state index contributed by atoms with van der Waals surface area (Å²) < 4.78 is 5.78. The summed E-state index contributed by atoms with van der Waals surface area (Å²) in [6.07, 6.45) is 7.30. The Bertz CT molecular complexity index is 452. The molecule has 0 saturated heterocycles. The van der Waals surface area contributed by atoms with Gasteiger partial charge >= 0.3 is 0 Å². The minimum absolute atomic E-state index is 0.651. The van der Waals surface area contributed by atoms with Gasteiger partial charge in [0.25, 0.3) is 0 Å². The Labute approximate surface area is 96.8 Å². The number of rotatable bonds is 0. The first-order valence-corrected chi connectivity index (χ1v) is 5.50. The van der Waals surface area contributed by atoms with Crippen molar-refractivity contribution >= 4 is 5.57 Å². The van der Waals surface area contributed by atoms with Crippen LogP contribution in [-0.4, -0.2) is 6.61 Å². The van der Waals surface area contributed by atoms with Crippen LogP contribution in [0.3, 0.4) is 0 Å². The molecule has 82 valence electrons. The van der Waals surface area contributed by atoms with Crippen LogP contribution in [0.15, 0.2) is 54.6 Å². The Kier molecular flexibility index (Phi) is 3.25. The van der Waals surface area contributed by atoms with Crippen LogP contribution in [0.5, 0.6) is 5.75 Å². The lowest BCUT2D eigenvalue weighted by Crippen LogP contribution is -2.01. The molecule has 0 unspecified atom stereocenters. The molecule has 1 aromatic rings. The van der Waals surface area contributed by atoms with Crippen molar-refractivity contribution in [2.75, 3.05) is 6.61 Å². The summed E-state index contributed by atoms with van der Waals surface area (Å²) in [5.74, 6) is 0.909. The fourth-order valence-electron chi connectivity index (χ4n) is 1.68. The number of fused-ring (bicyclic) bond motifs is 1. The van der Waals surface area contributed by atoms with Crippen LogP contribution in [-0.2, 0) is 0 Å². The second-order valence-electron chi connectivity index (χ2n) is 4.00. The van der Waals surface area contributed by atoms with E-state index in [1.807, 2.05) is 24.3 Å². The molecule has 16 heavy (non-hydrogen) atoms. The maximum absolute atomic E-state index is 5.78. The molecule has 0 aliphatic carbocycles. The van der Waals surface area contributed by atoms with Gasteiger partial charge in [0.2, 0.25) is 0 Å². The third-order valence-corrected chi connectivity index (χ3v) is 2.61. The molecule has 1 aliphatic rings. The Morgan fingerprint density at radius 2 is 2.06 bits per heavy atom. The largest absolute Gasteiger partial charge is 0.489 e. The zero-order valence-corrected chi connectivity index (χ0v) is 9.57. The number of hydrogen-bond acceptors (Lipinski definition) is 1. The number of ether oxygens (including phenoxy) is 1. The van der Waals surface area contributed by atoms with E-state index >= 15 is 0 Å². The van der Waals surface area contributed by atoms with Crippen LogP contribution in [0, 0.1) is 0 Å². The standard InChI is InChI=1S/C15H16O/c1-12-7-3-4-8-13(2)14-9-5-6-10-15(14)16-11-12/h4-10H,2-3,11H2,1H3/b8-4-,12-7-. The molecule has 0 saturated carbocycles. The maximum atomic E-state index is 5.78. The quantitative estimate of drug-likeness (QED) is 0.591. The van der Waals surface area contributed by atoms with E-state index in [0.29, 0.717) is 6.61 Å². The van der Waals surface area contributed by atoms with Gasteiger partial charge in [0.1, 0.15) is 12.4 Å². The van der Waals surface area contributed by atoms with Gasteiger partial charge in [0.15, 0.2) is 0 Å². The highest BCUT2D eigenvalue weighted by atomic mass is 16.5. The van der Waals surface area contributed by atoms with E-state index in [0.717, 1.165) is 23.3 Å². The van der Waals surface area contributed by atoms with E-state index in [1.54, 1.807) is 0 Å². The van der Waals surface area contributed by atoms with Gasteiger partial charge in [-0.1, -0.05) is 43.0 Å². The summed E-state index contributed by atoms with van der Waals surface area (Å²) in [5, 5.41) is 0. The van der Waals surface area contributed by atoms with Crippen molar-refractivity contribution in [1.29, 1.82) is 0 Å². The Morgan fingerprint density at radius 3 is 2.94 bits per heavy atom. The lowest BCUT2D eigenvalue weighted by Gasteiger charge is -2.13. The second-order valence-corrected chi connectivity index (χ2v) is 4.00. The summed E-state index contributed by atoms with van der Waals surface area (Å²) in [6, 6.07) is 8.03. The monoisotopic (exact) mass is 212 g/mol. The highest BCUT2D eigenvalue weighted by Crippen LogP contribution is 2.26. The van der Waals surface area contributed by atoms with Crippen molar-refractivity contribution in [1.82, 2.24) is 0 Å². The van der Waals surface area contributed by atoms with Crippen molar-refractivity contribution in [3.05, 3.63) is 60.2 Å². The van der Waals surface area contributed by atoms with Crippen molar-refractivity contribution in [3.63, 3.8) is 0 Å². The summed E-state index contributed by atoms with van der Waals surface area (Å²) in [4.78, 5) is 0. The highest BCUT2D eigenvalue weighted by molar-refractivity contribution is 5.76. The molecule has 1 heteroatoms. The van der Waals surface area contributed by atoms with E-state index in [1.165, 1.54) is 5.57 Å². The van der Waals surface area contributed by atoms with Crippen molar-refractivity contribution < 1.29 is 4.74 Å². The fraction of sp³-hybridized carbons (Fsp3) is 0.200. The molecule has 1 nitrogen and oxygen atoms in total. The molecule has 0 bridgehead atoms. The third kappa shape index (κ3) is 2.43. The molecule has 0 amide bonds. The lowest BCUT2D eigenvalue weighted by molar-refractivity contribution is 0.351. The fourth-order valence-corrected chi connectivity index (χ4v) is 1.68. The summed E-state index contributed by atoms with van der Waals surface area (Å²) in [6.45, 7) is 6.80. The molecule has 0 aromatic heterocycles. The molecule has 1 aromatic carbocycles. The summed E-state index contributed by atoms with van der Waals surface area (Å²) >= 11 is 0. The highest BCUT2D eigenvalue weighted by Gasteiger charge is 2.05. The van der Waals surface area contributed by atoms with Gasteiger partial charge in [-0.25, -0.2) is 0 Å². The van der Waals surface area contributed by atoms with E-state index in [2.05, 4.69) is 31.7 Å². The van der Waals surface area contributed by atoms with Gasteiger partial charge in [-0.15, -0.1) is 0 Å². The smallest absolute Gasteiger partial charge is 0.127 e. The SMILES string of the molecule is C=C1/C=C\C/C=C(/C)COc2ccccc21. The van der Waals surface area contributed by atoms with E-state index < -0.39 is 0 Å². The molecular weight excluding hydrogens is 196 g/mol. The van der Waals surface area contributed by atoms with Crippen LogP contribution in [0.25, 0.3) is 5.57 Å². The topological polar surface area (TPSA) is 9.23 Å².